The van der Waals surface area contributed by atoms with Crippen LogP contribution in [0.1, 0.15) is 51.9 Å². The molecule has 2 fully saturated rings. The Hall–Kier alpha value is -0.570. The van der Waals surface area contributed by atoms with Gasteiger partial charge < -0.3 is 10.0 Å². The summed E-state index contributed by atoms with van der Waals surface area (Å²) in [6, 6.07) is 0.782. The van der Waals surface area contributed by atoms with Gasteiger partial charge in [-0.25, -0.2) is 0 Å². The second kappa shape index (κ2) is 5.85. The summed E-state index contributed by atoms with van der Waals surface area (Å²) in [7, 11) is 0. The molecule has 0 bridgehead atoms. The lowest BCUT2D eigenvalue weighted by molar-refractivity contribution is -0.138. The number of hydrogen-bond donors (Lipinski definition) is 1. The Bertz CT molecular complexity index is 259. The third kappa shape index (κ3) is 3.70. The van der Waals surface area contributed by atoms with Crippen LogP contribution < -0.4 is 0 Å². The molecule has 1 aliphatic carbocycles. The highest BCUT2D eigenvalue weighted by Gasteiger charge is 2.28. The Morgan fingerprint density at radius 1 is 1.24 bits per heavy atom. The average Bonchev–Trinajstić information content (AvgIpc) is 2.29. The highest BCUT2D eigenvalue weighted by atomic mass is 16.4. The number of carboxylic acid groups (broad SMARTS) is 1. The number of rotatable bonds is 3. The van der Waals surface area contributed by atoms with E-state index in [1.165, 1.54) is 25.7 Å². The number of aliphatic carboxylic acids is 1. The molecule has 1 N–H and O–H groups in total. The van der Waals surface area contributed by atoms with Gasteiger partial charge in [0.2, 0.25) is 0 Å². The molecule has 2 aliphatic rings. The Kier molecular flexibility index (Phi) is 4.43. The molecule has 0 aromatic carbocycles. The van der Waals surface area contributed by atoms with Crippen LogP contribution >= 0.6 is 0 Å². The lowest BCUT2D eigenvalue weighted by Crippen LogP contribution is -2.43. The standard InChI is InChI=1S/C14H25NO2/c1-11-3-2-4-13(9-11)15-7-5-12(6-8-15)10-14(16)17/h11-13H,2-10H2,1H3,(H,16,17)/t11-,13-/m0/s1. The molecular formula is C14H25NO2. The Balaban J connectivity index is 1.76. The van der Waals surface area contributed by atoms with E-state index in [1.54, 1.807) is 0 Å². The lowest BCUT2D eigenvalue weighted by atomic mass is 9.84. The molecule has 3 nitrogen and oxygen atoms in total. The van der Waals surface area contributed by atoms with E-state index >= 15 is 0 Å². The van der Waals surface area contributed by atoms with E-state index in [0.29, 0.717) is 12.3 Å². The van der Waals surface area contributed by atoms with Crippen molar-refractivity contribution in [2.45, 2.75) is 57.9 Å². The van der Waals surface area contributed by atoms with Gasteiger partial charge in [-0.1, -0.05) is 19.8 Å². The number of hydrogen-bond acceptors (Lipinski definition) is 2. The molecule has 98 valence electrons. The van der Waals surface area contributed by atoms with Crippen molar-refractivity contribution >= 4 is 5.97 Å². The van der Waals surface area contributed by atoms with Crippen molar-refractivity contribution in [2.75, 3.05) is 13.1 Å². The predicted octanol–water partition coefficient (Wildman–Crippen LogP) is 2.75. The van der Waals surface area contributed by atoms with E-state index in [0.717, 1.165) is 37.9 Å². The van der Waals surface area contributed by atoms with E-state index in [1.807, 2.05) is 0 Å². The second-order valence-corrected chi connectivity index (χ2v) is 6.00. The first-order chi connectivity index (χ1) is 8.15. The van der Waals surface area contributed by atoms with Gasteiger partial charge in [-0.05, 0) is 50.6 Å². The Labute approximate surface area is 104 Å². The van der Waals surface area contributed by atoms with Crippen LogP contribution in [0.15, 0.2) is 0 Å². The van der Waals surface area contributed by atoms with Gasteiger partial charge in [0, 0.05) is 12.5 Å². The molecule has 0 aromatic heterocycles. The lowest BCUT2D eigenvalue weighted by Gasteiger charge is -2.40. The number of likely N-dealkylation sites (tertiary alicyclic amines) is 1. The van der Waals surface area contributed by atoms with Crippen molar-refractivity contribution in [1.82, 2.24) is 4.90 Å². The number of carboxylic acids is 1. The van der Waals surface area contributed by atoms with Crippen LogP contribution in [0.4, 0.5) is 0 Å². The normalized spacial score (nSPS) is 32.5. The van der Waals surface area contributed by atoms with Gasteiger partial charge in [0.05, 0.1) is 0 Å². The summed E-state index contributed by atoms with van der Waals surface area (Å²) in [5.41, 5.74) is 0. The van der Waals surface area contributed by atoms with Crippen LogP contribution in [0, 0.1) is 11.8 Å². The molecule has 1 saturated carbocycles. The number of carbonyl (C=O) groups is 1. The fraction of sp³-hybridized carbons (Fsp3) is 0.929. The summed E-state index contributed by atoms with van der Waals surface area (Å²) in [5, 5.41) is 8.80. The highest BCUT2D eigenvalue weighted by Crippen LogP contribution is 2.30. The molecule has 0 spiro atoms. The number of piperidine rings is 1. The first kappa shape index (κ1) is 12.9. The van der Waals surface area contributed by atoms with Crippen molar-refractivity contribution in [3.8, 4) is 0 Å². The third-order valence-corrected chi connectivity index (χ3v) is 4.54. The maximum absolute atomic E-state index is 10.7. The monoisotopic (exact) mass is 239 g/mol. The highest BCUT2D eigenvalue weighted by molar-refractivity contribution is 5.67. The molecule has 1 saturated heterocycles. The van der Waals surface area contributed by atoms with E-state index in [4.69, 9.17) is 5.11 Å². The Morgan fingerprint density at radius 3 is 2.53 bits per heavy atom. The minimum atomic E-state index is -0.630. The summed E-state index contributed by atoms with van der Waals surface area (Å²) in [6.45, 7) is 4.61. The molecule has 0 unspecified atom stereocenters. The van der Waals surface area contributed by atoms with Gasteiger partial charge in [0.15, 0.2) is 0 Å². The fourth-order valence-electron chi connectivity index (χ4n) is 3.50. The largest absolute Gasteiger partial charge is 0.481 e. The Morgan fingerprint density at radius 2 is 1.94 bits per heavy atom. The second-order valence-electron chi connectivity index (χ2n) is 6.00. The van der Waals surface area contributed by atoms with Gasteiger partial charge in [0.1, 0.15) is 0 Å². The van der Waals surface area contributed by atoms with Crippen LogP contribution in [-0.2, 0) is 4.79 Å². The van der Waals surface area contributed by atoms with Gasteiger partial charge in [-0.3, -0.25) is 4.79 Å². The van der Waals surface area contributed by atoms with Gasteiger partial charge in [-0.15, -0.1) is 0 Å². The first-order valence-electron chi connectivity index (χ1n) is 7.11. The zero-order valence-electron chi connectivity index (χ0n) is 10.9. The molecule has 17 heavy (non-hydrogen) atoms. The van der Waals surface area contributed by atoms with E-state index < -0.39 is 5.97 Å². The fourth-order valence-corrected chi connectivity index (χ4v) is 3.50. The van der Waals surface area contributed by atoms with E-state index in [-0.39, 0.29) is 0 Å². The molecule has 0 radical (unpaired) electrons. The van der Waals surface area contributed by atoms with E-state index in [9.17, 15) is 4.79 Å². The molecular weight excluding hydrogens is 214 g/mol. The summed E-state index contributed by atoms with van der Waals surface area (Å²) < 4.78 is 0. The summed E-state index contributed by atoms with van der Waals surface area (Å²) in [4.78, 5) is 13.3. The topological polar surface area (TPSA) is 40.5 Å². The van der Waals surface area contributed by atoms with Crippen LogP contribution in [-0.4, -0.2) is 35.1 Å². The van der Waals surface area contributed by atoms with Crippen molar-refractivity contribution in [3.63, 3.8) is 0 Å². The SMILES string of the molecule is C[C@H]1CCC[C@H](N2CCC(CC(=O)O)CC2)C1. The van der Waals surface area contributed by atoms with Crippen LogP contribution in [0.25, 0.3) is 0 Å². The predicted molar refractivity (Wildman–Crippen MR) is 68.0 cm³/mol. The van der Waals surface area contributed by atoms with Crippen molar-refractivity contribution in [2.24, 2.45) is 11.8 Å². The first-order valence-corrected chi connectivity index (χ1v) is 7.11. The molecule has 2 atom stereocenters. The molecule has 3 heteroatoms. The van der Waals surface area contributed by atoms with Crippen molar-refractivity contribution in [3.05, 3.63) is 0 Å². The average molecular weight is 239 g/mol. The van der Waals surface area contributed by atoms with Crippen LogP contribution in [0.5, 0.6) is 0 Å². The zero-order valence-corrected chi connectivity index (χ0v) is 10.9. The smallest absolute Gasteiger partial charge is 0.303 e. The third-order valence-electron chi connectivity index (χ3n) is 4.54. The summed E-state index contributed by atoms with van der Waals surface area (Å²) in [5.74, 6) is 0.671. The summed E-state index contributed by atoms with van der Waals surface area (Å²) >= 11 is 0. The van der Waals surface area contributed by atoms with Gasteiger partial charge >= 0.3 is 5.97 Å². The molecule has 0 aromatic rings. The molecule has 2 rings (SSSR count). The molecule has 1 heterocycles. The molecule has 1 aliphatic heterocycles. The summed E-state index contributed by atoms with van der Waals surface area (Å²) in [6.07, 6.45) is 8.01. The van der Waals surface area contributed by atoms with Crippen LogP contribution in [0.3, 0.4) is 0 Å². The van der Waals surface area contributed by atoms with Crippen LogP contribution in [0.2, 0.25) is 0 Å². The maximum atomic E-state index is 10.7. The van der Waals surface area contributed by atoms with E-state index in [2.05, 4.69) is 11.8 Å². The zero-order chi connectivity index (χ0) is 12.3. The molecule has 0 amide bonds. The maximum Gasteiger partial charge on any atom is 0.303 e. The minimum Gasteiger partial charge on any atom is -0.481 e. The van der Waals surface area contributed by atoms with Crippen molar-refractivity contribution in [1.29, 1.82) is 0 Å². The minimum absolute atomic E-state index is 0.370. The quantitative estimate of drug-likeness (QED) is 0.823. The van der Waals surface area contributed by atoms with Gasteiger partial charge in [-0.2, -0.15) is 0 Å². The number of nitrogens with zero attached hydrogens (tertiary/aromatic N) is 1. The van der Waals surface area contributed by atoms with Crippen molar-refractivity contribution < 1.29 is 9.90 Å². The van der Waals surface area contributed by atoms with Gasteiger partial charge in [0.25, 0.3) is 0 Å².